The van der Waals surface area contributed by atoms with E-state index in [1.165, 1.54) is 5.56 Å². The molecule has 3 aromatic rings. The van der Waals surface area contributed by atoms with Gasteiger partial charge in [-0.15, -0.1) is 0 Å². The minimum Gasteiger partial charge on any atom is -0.497 e. The van der Waals surface area contributed by atoms with Crippen molar-refractivity contribution in [2.75, 3.05) is 27.3 Å². The van der Waals surface area contributed by atoms with Crippen LogP contribution in [-0.4, -0.2) is 50.6 Å². The Morgan fingerprint density at radius 2 is 1.55 bits per heavy atom. The maximum absolute atomic E-state index is 12.1. The van der Waals surface area contributed by atoms with Gasteiger partial charge in [0.1, 0.15) is 28.9 Å². The Hall–Kier alpha value is -2.90. The van der Waals surface area contributed by atoms with E-state index in [-0.39, 0.29) is 13.0 Å². The molecule has 1 aliphatic heterocycles. The zero-order chi connectivity index (χ0) is 27.0. The van der Waals surface area contributed by atoms with Crippen LogP contribution in [0.1, 0.15) is 41.9 Å². The van der Waals surface area contributed by atoms with Crippen molar-refractivity contribution in [3.8, 4) is 11.5 Å². The summed E-state index contributed by atoms with van der Waals surface area (Å²) in [6.07, 6.45) is 2.35. The summed E-state index contributed by atoms with van der Waals surface area (Å²) in [4.78, 5) is 13.4. The molecular formula is C31H37ClN2O4. The molecule has 0 spiro atoms. The molecule has 6 nitrogen and oxygen atoms in total. The summed E-state index contributed by atoms with van der Waals surface area (Å²) < 4.78 is 16.7. The Labute approximate surface area is 230 Å². The zero-order valence-electron chi connectivity index (χ0n) is 22.1. The fraction of sp³-hybridized carbons (Fsp3) is 0.387. The fourth-order valence-electron chi connectivity index (χ4n) is 5.29. The van der Waals surface area contributed by atoms with Crippen LogP contribution in [0.3, 0.4) is 0 Å². The van der Waals surface area contributed by atoms with Crippen LogP contribution >= 0.6 is 11.6 Å². The highest BCUT2D eigenvalue weighted by molar-refractivity contribution is 6.24. The molecule has 1 saturated heterocycles. The standard InChI is InChI=1S/C31H37ClN2O4/c1-36-27-17-23(18-28(19-27)37-2)22-38-29(21-35)20-30(33)31(32,26-11-7-4-8-12-26)34-15-13-25(14-16-34)24-9-5-3-6-10-24/h3-12,17-19,21,25,29-30H,13-16,20,22,33H2,1-2H3. The molecule has 0 aromatic heterocycles. The number of ether oxygens (including phenoxy) is 3. The molecule has 0 bridgehead atoms. The maximum Gasteiger partial charge on any atom is 0.148 e. The number of rotatable bonds is 12. The van der Waals surface area contributed by atoms with Gasteiger partial charge in [0.15, 0.2) is 0 Å². The number of carbonyl (C=O) groups excluding carboxylic acids is 1. The van der Waals surface area contributed by atoms with Gasteiger partial charge in [-0.1, -0.05) is 72.3 Å². The van der Waals surface area contributed by atoms with E-state index in [9.17, 15) is 4.79 Å². The summed E-state index contributed by atoms with van der Waals surface area (Å²) in [7, 11) is 3.19. The van der Waals surface area contributed by atoms with Gasteiger partial charge in [0.05, 0.1) is 20.8 Å². The number of carbonyl (C=O) groups is 1. The van der Waals surface area contributed by atoms with Crippen LogP contribution in [0, 0.1) is 0 Å². The van der Waals surface area contributed by atoms with Gasteiger partial charge in [0, 0.05) is 25.2 Å². The SMILES string of the molecule is COc1cc(COC(C=O)CC(N)C(Cl)(c2ccccc2)N2CCC(c3ccccc3)CC2)cc(OC)c1. The number of nitrogens with zero attached hydrogens (tertiary/aromatic N) is 1. The highest BCUT2D eigenvalue weighted by atomic mass is 35.5. The summed E-state index contributed by atoms with van der Waals surface area (Å²) in [5, 5.41) is 0. The number of hydrogen-bond acceptors (Lipinski definition) is 6. The van der Waals surface area contributed by atoms with E-state index in [0.717, 1.165) is 43.3 Å². The number of piperidine rings is 1. The molecule has 1 heterocycles. The Morgan fingerprint density at radius 3 is 2.11 bits per heavy atom. The summed E-state index contributed by atoms with van der Waals surface area (Å²) in [6.45, 7) is 1.83. The molecule has 0 aliphatic carbocycles. The first-order chi connectivity index (χ1) is 18.5. The average molecular weight is 537 g/mol. The van der Waals surface area contributed by atoms with Crippen molar-refractivity contribution in [3.05, 3.63) is 95.6 Å². The number of likely N-dealkylation sites (tertiary alicyclic amines) is 1. The fourth-order valence-corrected chi connectivity index (χ4v) is 5.67. The number of alkyl halides is 1. The molecule has 38 heavy (non-hydrogen) atoms. The molecule has 0 amide bonds. The number of halogens is 1. The number of nitrogens with two attached hydrogens (primary N) is 1. The third-order valence-corrected chi connectivity index (χ3v) is 8.15. The number of hydrogen-bond donors (Lipinski definition) is 1. The molecule has 1 aliphatic rings. The predicted octanol–water partition coefficient (Wildman–Crippen LogP) is 5.48. The molecule has 0 radical (unpaired) electrons. The van der Waals surface area contributed by atoms with Gasteiger partial charge in [0.2, 0.25) is 0 Å². The third-order valence-electron chi connectivity index (χ3n) is 7.41. The first-order valence-electron chi connectivity index (χ1n) is 13.1. The largest absolute Gasteiger partial charge is 0.497 e. The Morgan fingerprint density at radius 1 is 0.974 bits per heavy atom. The Kier molecular flexibility index (Phi) is 9.80. The van der Waals surface area contributed by atoms with Crippen LogP contribution in [0.25, 0.3) is 0 Å². The predicted molar refractivity (Wildman–Crippen MR) is 151 cm³/mol. The van der Waals surface area contributed by atoms with Crippen LogP contribution in [0.15, 0.2) is 78.9 Å². The highest BCUT2D eigenvalue weighted by Crippen LogP contribution is 2.41. The maximum atomic E-state index is 12.1. The monoisotopic (exact) mass is 536 g/mol. The van der Waals surface area contributed by atoms with E-state index in [1.807, 2.05) is 48.5 Å². The van der Waals surface area contributed by atoms with Crippen molar-refractivity contribution in [1.82, 2.24) is 4.90 Å². The lowest BCUT2D eigenvalue weighted by Gasteiger charge is -2.47. The molecular weight excluding hydrogens is 500 g/mol. The van der Waals surface area contributed by atoms with E-state index in [0.29, 0.717) is 17.4 Å². The van der Waals surface area contributed by atoms with Crippen molar-refractivity contribution in [1.29, 1.82) is 0 Å². The lowest BCUT2D eigenvalue weighted by atomic mass is 9.86. The quantitative estimate of drug-likeness (QED) is 0.188. The minimum atomic E-state index is -0.966. The Balaban J connectivity index is 1.48. The molecule has 3 aromatic carbocycles. The lowest BCUT2D eigenvalue weighted by molar-refractivity contribution is -0.120. The Bertz CT molecular complexity index is 1130. The highest BCUT2D eigenvalue weighted by Gasteiger charge is 2.44. The van der Waals surface area contributed by atoms with Crippen molar-refractivity contribution in [2.45, 2.75) is 48.9 Å². The molecule has 0 saturated carbocycles. The summed E-state index contributed by atoms with van der Waals surface area (Å²) in [5.74, 6) is 1.81. The molecule has 202 valence electrons. The number of methoxy groups -OCH3 is 2. The zero-order valence-corrected chi connectivity index (χ0v) is 22.8. The molecule has 4 rings (SSSR count). The van der Waals surface area contributed by atoms with E-state index >= 15 is 0 Å². The molecule has 1 fully saturated rings. The van der Waals surface area contributed by atoms with Crippen molar-refractivity contribution in [3.63, 3.8) is 0 Å². The topological polar surface area (TPSA) is 74.0 Å². The molecule has 7 heteroatoms. The van der Waals surface area contributed by atoms with Crippen LogP contribution in [0.2, 0.25) is 0 Å². The lowest BCUT2D eigenvalue weighted by Crippen LogP contribution is -2.57. The van der Waals surface area contributed by atoms with Gasteiger partial charge in [-0.2, -0.15) is 0 Å². The normalized spacial score (nSPS) is 17.8. The second kappa shape index (κ2) is 13.3. The van der Waals surface area contributed by atoms with Crippen LogP contribution in [0.4, 0.5) is 0 Å². The second-order valence-electron chi connectivity index (χ2n) is 9.76. The van der Waals surface area contributed by atoms with Crippen molar-refractivity contribution >= 4 is 17.9 Å². The van der Waals surface area contributed by atoms with E-state index in [1.54, 1.807) is 20.3 Å². The van der Waals surface area contributed by atoms with Crippen molar-refractivity contribution < 1.29 is 19.0 Å². The molecule has 2 N–H and O–H groups in total. The van der Waals surface area contributed by atoms with Gasteiger partial charge in [-0.3, -0.25) is 4.90 Å². The van der Waals surface area contributed by atoms with Gasteiger partial charge in [0.25, 0.3) is 0 Å². The van der Waals surface area contributed by atoms with Crippen LogP contribution < -0.4 is 15.2 Å². The minimum absolute atomic E-state index is 0.215. The van der Waals surface area contributed by atoms with Crippen LogP contribution in [0.5, 0.6) is 11.5 Å². The number of aldehydes is 1. The first kappa shape index (κ1) is 28.1. The number of benzene rings is 3. The van der Waals surface area contributed by atoms with Gasteiger partial charge in [-0.05, 0) is 54.0 Å². The average Bonchev–Trinajstić information content (AvgIpc) is 2.99. The van der Waals surface area contributed by atoms with E-state index < -0.39 is 17.1 Å². The van der Waals surface area contributed by atoms with Crippen LogP contribution in [-0.2, 0) is 21.1 Å². The van der Waals surface area contributed by atoms with E-state index in [2.05, 4.69) is 29.2 Å². The molecule has 3 unspecified atom stereocenters. The van der Waals surface area contributed by atoms with Gasteiger partial charge >= 0.3 is 0 Å². The van der Waals surface area contributed by atoms with Gasteiger partial charge in [-0.25, -0.2) is 0 Å². The summed E-state index contributed by atoms with van der Waals surface area (Å²) >= 11 is 7.48. The molecule has 3 atom stereocenters. The summed E-state index contributed by atoms with van der Waals surface area (Å²) in [6, 6.07) is 25.5. The summed E-state index contributed by atoms with van der Waals surface area (Å²) in [5.41, 5.74) is 9.97. The smallest absolute Gasteiger partial charge is 0.148 e. The van der Waals surface area contributed by atoms with Crippen molar-refractivity contribution in [2.24, 2.45) is 5.73 Å². The van der Waals surface area contributed by atoms with E-state index in [4.69, 9.17) is 31.5 Å². The first-order valence-corrected chi connectivity index (χ1v) is 13.4. The second-order valence-corrected chi connectivity index (χ2v) is 10.3. The van der Waals surface area contributed by atoms with Gasteiger partial charge < -0.3 is 24.7 Å². The third kappa shape index (κ3) is 6.56.